The summed E-state index contributed by atoms with van der Waals surface area (Å²) in [6, 6.07) is 10.8. The highest BCUT2D eigenvalue weighted by molar-refractivity contribution is 7.90. The Kier molecular flexibility index (Phi) is 5.52. The van der Waals surface area contributed by atoms with Gasteiger partial charge in [0, 0.05) is 6.54 Å². The van der Waals surface area contributed by atoms with Crippen LogP contribution in [-0.4, -0.2) is 15.0 Å². The van der Waals surface area contributed by atoms with Crippen molar-refractivity contribution in [1.29, 1.82) is 5.26 Å². The van der Waals surface area contributed by atoms with E-state index in [-0.39, 0.29) is 6.54 Å². The highest BCUT2D eigenvalue weighted by Crippen LogP contribution is 2.34. The first-order valence-electron chi connectivity index (χ1n) is 6.50. The van der Waals surface area contributed by atoms with E-state index in [1.807, 2.05) is 19.1 Å². The fraction of sp³-hybridized carbons (Fsp3) is 0.500. The Morgan fingerprint density at radius 3 is 2.37 bits per heavy atom. The molecule has 0 saturated heterocycles. The quantitative estimate of drug-likeness (QED) is 0.834. The number of nitriles is 1. The molecule has 0 aromatic heterocycles. The van der Waals surface area contributed by atoms with Crippen LogP contribution in [0.1, 0.15) is 38.7 Å². The van der Waals surface area contributed by atoms with Gasteiger partial charge in [-0.05, 0) is 12.0 Å². The summed E-state index contributed by atoms with van der Waals surface area (Å²) in [5.74, 6) is 0. The third-order valence-electron chi connectivity index (χ3n) is 3.10. The van der Waals surface area contributed by atoms with Crippen LogP contribution in [0.5, 0.6) is 0 Å². The van der Waals surface area contributed by atoms with Crippen LogP contribution in [-0.2, 0) is 14.8 Å². The van der Waals surface area contributed by atoms with E-state index in [9.17, 15) is 13.7 Å². The van der Waals surface area contributed by atoms with Gasteiger partial charge in [0.05, 0.1) is 6.07 Å². The van der Waals surface area contributed by atoms with Crippen LogP contribution in [0.15, 0.2) is 30.3 Å². The smallest absolute Gasteiger partial charge is 0.214 e. The number of nitrogens with zero attached hydrogens (tertiary/aromatic N) is 1. The molecule has 4 nitrogen and oxygen atoms in total. The van der Waals surface area contributed by atoms with E-state index in [0.29, 0.717) is 18.4 Å². The van der Waals surface area contributed by atoms with Crippen molar-refractivity contribution in [2.24, 2.45) is 0 Å². The van der Waals surface area contributed by atoms with Crippen LogP contribution in [0.2, 0.25) is 0 Å². The Morgan fingerprint density at radius 1 is 1.26 bits per heavy atom. The number of hydrogen-bond donors (Lipinski definition) is 1. The van der Waals surface area contributed by atoms with E-state index in [2.05, 4.69) is 4.72 Å². The SMILES string of the molecule is CCCCC(C#N)(c1ccccc1)S(=O)(=O)NCC. The molecule has 5 heteroatoms. The van der Waals surface area contributed by atoms with E-state index in [4.69, 9.17) is 0 Å². The van der Waals surface area contributed by atoms with Gasteiger partial charge in [-0.3, -0.25) is 0 Å². The van der Waals surface area contributed by atoms with Crippen molar-refractivity contribution in [2.75, 3.05) is 6.54 Å². The summed E-state index contributed by atoms with van der Waals surface area (Å²) in [7, 11) is -3.72. The van der Waals surface area contributed by atoms with Crippen LogP contribution in [0.3, 0.4) is 0 Å². The molecule has 0 saturated carbocycles. The fourth-order valence-corrected chi connectivity index (χ4v) is 3.67. The second-order valence-electron chi connectivity index (χ2n) is 4.41. The normalized spacial score (nSPS) is 14.6. The largest absolute Gasteiger partial charge is 0.235 e. The van der Waals surface area contributed by atoms with E-state index in [1.165, 1.54) is 0 Å². The van der Waals surface area contributed by atoms with E-state index < -0.39 is 14.8 Å². The molecule has 0 aliphatic heterocycles. The third kappa shape index (κ3) is 3.14. The molecule has 0 heterocycles. The second-order valence-corrected chi connectivity index (χ2v) is 6.40. The van der Waals surface area contributed by atoms with Crippen LogP contribution >= 0.6 is 0 Å². The van der Waals surface area contributed by atoms with E-state index in [0.717, 1.165) is 6.42 Å². The van der Waals surface area contributed by atoms with Crippen molar-refractivity contribution >= 4 is 10.0 Å². The maximum Gasteiger partial charge on any atom is 0.235 e. The molecule has 0 radical (unpaired) electrons. The lowest BCUT2D eigenvalue weighted by Gasteiger charge is -2.27. The molecule has 0 aliphatic carbocycles. The number of benzene rings is 1. The van der Waals surface area contributed by atoms with Crippen molar-refractivity contribution in [1.82, 2.24) is 4.72 Å². The molecule has 1 N–H and O–H groups in total. The Morgan fingerprint density at radius 2 is 1.89 bits per heavy atom. The molecule has 1 aromatic carbocycles. The van der Waals surface area contributed by atoms with Crippen LogP contribution in [0, 0.1) is 11.3 Å². The molecule has 1 aromatic rings. The minimum atomic E-state index is -3.72. The summed E-state index contributed by atoms with van der Waals surface area (Å²) < 4.78 is 25.9. The van der Waals surface area contributed by atoms with Gasteiger partial charge in [-0.25, -0.2) is 13.1 Å². The van der Waals surface area contributed by atoms with Crippen LogP contribution in [0.25, 0.3) is 0 Å². The molecule has 1 unspecified atom stereocenters. The first-order valence-corrected chi connectivity index (χ1v) is 7.98. The lowest BCUT2D eigenvalue weighted by molar-refractivity contribution is 0.523. The van der Waals surface area contributed by atoms with E-state index in [1.54, 1.807) is 31.2 Å². The average molecular weight is 280 g/mol. The Balaban J connectivity index is 3.36. The molecule has 1 atom stereocenters. The predicted octanol–water partition coefficient (Wildman–Crippen LogP) is 2.53. The van der Waals surface area contributed by atoms with Crippen molar-refractivity contribution < 1.29 is 8.42 Å². The molecule has 104 valence electrons. The second kappa shape index (κ2) is 6.69. The zero-order chi connectivity index (χ0) is 14.4. The van der Waals surface area contributed by atoms with Crippen LogP contribution in [0.4, 0.5) is 0 Å². The summed E-state index contributed by atoms with van der Waals surface area (Å²) in [4.78, 5) is 0. The predicted molar refractivity (Wildman–Crippen MR) is 75.9 cm³/mol. The Labute approximate surface area is 115 Å². The molecule has 1 rings (SSSR count). The molecular weight excluding hydrogens is 260 g/mol. The summed E-state index contributed by atoms with van der Waals surface area (Å²) in [6.45, 7) is 3.97. The fourth-order valence-electron chi connectivity index (χ4n) is 2.06. The summed E-state index contributed by atoms with van der Waals surface area (Å²) in [5.41, 5.74) is 0.534. The van der Waals surface area contributed by atoms with Crippen LogP contribution < -0.4 is 4.72 Å². The average Bonchev–Trinajstić information content (AvgIpc) is 2.41. The van der Waals surface area contributed by atoms with Crippen molar-refractivity contribution in [3.8, 4) is 6.07 Å². The summed E-state index contributed by atoms with van der Waals surface area (Å²) in [6.07, 6.45) is 1.84. The molecule has 0 spiro atoms. The number of nitrogens with one attached hydrogen (secondary N) is 1. The minimum Gasteiger partial charge on any atom is -0.214 e. The highest BCUT2D eigenvalue weighted by Gasteiger charge is 2.45. The molecular formula is C14H20N2O2S. The van der Waals surface area contributed by atoms with E-state index >= 15 is 0 Å². The van der Waals surface area contributed by atoms with Gasteiger partial charge in [-0.15, -0.1) is 0 Å². The van der Waals surface area contributed by atoms with Gasteiger partial charge < -0.3 is 0 Å². The summed E-state index contributed by atoms with van der Waals surface area (Å²) >= 11 is 0. The standard InChI is InChI=1S/C14H20N2O2S/c1-3-5-11-14(12-15,19(17,18)16-4-2)13-9-7-6-8-10-13/h6-10,16H,3-5,11H2,1-2H3. The van der Waals surface area contributed by atoms with Gasteiger partial charge >= 0.3 is 0 Å². The Bertz CT molecular complexity index is 534. The van der Waals surface area contributed by atoms with Crippen molar-refractivity contribution in [2.45, 2.75) is 37.9 Å². The maximum absolute atomic E-state index is 12.5. The van der Waals surface area contributed by atoms with Crippen molar-refractivity contribution in [3.05, 3.63) is 35.9 Å². The first-order chi connectivity index (χ1) is 9.04. The molecule has 0 aliphatic rings. The first kappa shape index (κ1) is 15.7. The molecule has 19 heavy (non-hydrogen) atoms. The van der Waals surface area contributed by atoms with Gasteiger partial charge in [-0.1, -0.05) is 57.0 Å². The highest BCUT2D eigenvalue weighted by atomic mass is 32.2. The Hall–Kier alpha value is -1.38. The number of unbranched alkanes of at least 4 members (excludes halogenated alkanes) is 1. The lowest BCUT2D eigenvalue weighted by atomic mass is 9.94. The van der Waals surface area contributed by atoms with Gasteiger partial charge in [0.1, 0.15) is 0 Å². The van der Waals surface area contributed by atoms with Gasteiger partial charge in [-0.2, -0.15) is 5.26 Å². The van der Waals surface area contributed by atoms with Gasteiger partial charge in [0.2, 0.25) is 10.0 Å². The third-order valence-corrected chi connectivity index (χ3v) is 5.21. The zero-order valence-corrected chi connectivity index (χ0v) is 12.2. The molecule has 0 fully saturated rings. The number of rotatable bonds is 7. The zero-order valence-electron chi connectivity index (χ0n) is 11.4. The molecule has 0 amide bonds. The lowest BCUT2D eigenvalue weighted by Crippen LogP contribution is -2.43. The topological polar surface area (TPSA) is 70.0 Å². The number of sulfonamides is 1. The van der Waals surface area contributed by atoms with Gasteiger partial charge in [0.15, 0.2) is 4.75 Å². The minimum absolute atomic E-state index is 0.282. The monoisotopic (exact) mass is 280 g/mol. The number of hydrogen-bond acceptors (Lipinski definition) is 3. The van der Waals surface area contributed by atoms with Gasteiger partial charge in [0.25, 0.3) is 0 Å². The molecule has 0 bridgehead atoms. The summed E-state index contributed by atoms with van der Waals surface area (Å²) in [5, 5.41) is 9.55. The van der Waals surface area contributed by atoms with Crippen molar-refractivity contribution in [3.63, 3.8) is 0 Å². The maximum atomic E-state index is 12.5.